The predicted molar refractivity (Wildman–Crippen MR) is 80.7 cm³/mol. The summed E-state index contributed by atoms with van der Waals surface area (Å²) >= 11 is 0. The second-order valence-electron chi connectivity index (χ2n) is 5.07. The third kappa shape index (κ3) is 3.11. The summed E-state index contributed by atoms with van der Waals surface area (Å²) in [5, 5.41) is 3.92. The monoisotopic (exact) mass is 280 g/mol. The zero-order valence-corrected chi connectivity index (χ0v) is 11.8. The zero-order chi connectivity index (χ0) is 14.7. The van der Waals surface area contributed by atoms with Crippen molar-refractivity contribution in [2.75, 3.05) is 0 Å². The minimum absolute atomic E-state index is 0.0176. The van der Waals surface area contributed by atoms with E-state index in [1.165, 1.54) is 0 Å². The first-order chi connectivity index (χ1) is 10.2. The van der Waals surface area contributed by atoms with Gasteiger partial charge in [-0.3, -0.25) is 9.78 Å². The maximum atomic E-state index is 12.0. The Labute approximate surface area is 122 Å². The highest BCUT2D eigenvalue weighted by Crippen LogP contribution is 2.22. The number of fused-ring (bicyclic) bond motifs is 1. The van der Waals surface area contributed by atoms with Gasteiger partial charge >= 0.3 is 0 Å². The smallest absolute Gasteiger partial charge is 0.224 e. The molecule has 1 amide bonds. The molecule has 2 heterocycles. The van der Waals surface area contributed by atoms with Crippen molar-refractivity contribution in [3.63, 3.8) is 0 Å². The summed E-state index contributed by atoms with van der Waals surface area (Å²) in [4.78, 5) is 16.0. The Hall–Kier alpha value is -2.62. The second kappa shape index (κ2) is 5.79. The molecular formula is C17H16N2O2. The van der Waals surface area contributed by atoms with E-state index in [9.17, 15) is 4.79 Å². The number of rotatable bonds is 4. The summed E-state index contributed by atoms with van der Waals surface area (Å²) in [6.07, 6.45) is 5.42. The molecule has 0 aliphatic heterocycles. The molecule has 2 aromatic heterocycles. The fourth-order valence-corrected chi connectivity index (χ4v) is 2.27. The van der Waals surface area contributed by atoms with Gasteiger partial charge < -0.3 is 9.73 Å². The molecule has 0 radical (unpaired) electrons. The molecule has 0 bridgehead atoms. The Morgan fingerprint density at radius 1 is 1.24 bits per heavy atom. The Morgan fingerprint density at radius 2 is 2.05 bits per heavy atom. The average molecular weight is 280 g/mol. The van der Waals surface area contributed by atoms with Crippen molar-refractivity contribution in [1.29, 1.82) is 0 Å². The molecular weight excluding hydrogens is 264 g/mol. The molecule has 0 fully saturated rings. The number of pyridine rings is 1. The largest absolute Gasteiger partial charge is 0.464 e. The molecule has 21 heavy (non-hydrogen) atoms. The van der Waals surface area contributed by atoms with Gasteiger partial charge in [-0.25, -0.2) is 0 Å². The van der Waals surface area contributed by atoms with Crippen LogP contribution in [-0.4, -0.2) is 10.9 Å². The summed E-state index contributed by atoms with van der Waals surface area (Å²) in [5.74, 6) is -0.0176. The molecule has 106 valence electrons. The Bertz CT molecular complexity index is 763. The Kier molecular flexibility index (Phi) is 3.69. The normalized spacial score (nSPS) is 10.7. The standard InChI is InChI=1S/C17H16N2O2/c1-12-2-3-16-15(8-12)14(11-21-16)9-17(20)19-10-13-4-6-18-7-5-13/h2-8,11H,9-10H2,1H3,(H,19,20). The lowest BCUT2D eigenvalue weighted by atomic mass is 10.1. The first-order valence-corrected chi connectivity index (χ1v) is 6.85. The highest BCUT2D eigenvalue weighted by molar-refractivity contribution is 5.87. The van der Waals surface area contributed by atoms with E-state index in [0.717, 1.165) is 27.7 Å². The summed E-state index contributed by atoms with van der Waals surface area (Å²) in [6.45, 7) is 2.54. The van der Waals surface area contributed by atoms with Gasteiger partial charge in [-0.15, -0.1) is 0 Å². The molecule has 3 rings (SSSR count). The molecule has 0 unspecified atom stereocenters. The Morgan fingerprint density at radius 3 is 2.86 bits per heavy atom. The molecule has 0 saturated heterocycles. The van der Waals surface area contributed by atoms with Crippen molar-refractivity contribution < 1.29 is 9.21 Å². The number of nitrogens with zero attached hydrogens (tertiary/aromatic N) is 1. The van der Waals surface area contributed by atoms with Crippen molar-refractivity contribution in [1.82, 2.24) is 10.3 Å². The van der Waals surface area contributed by atoms with Gasteiger partial charge in [0.1, 0.15) is 5.58 Å². The van der Waals surface area contributed by atoms with Crippen LogP contribution in [-0.2, 0) is 17.8 Å². The number of furan rings is 1. The number of hydrogen-bond donors (Lipinski definition) is 1. The number of aromatic nitrogens is 1. The van der Waals surface area contributed by atoms with Crippen LogP contribution in [0.3, 0.4) is 0 Å². The number of nitrogens with one attached hydrogen (secondary N) is 1. The van der Waals surface area contributed by atoms with Crippen LogP contribution in [0.5, 0.6) is 0 Å². The predicted octanol–water partition coefficient (Wildman–Crippen LogP) is 3.00. The molecule has 0 atom stereocenters. The number of carbonyl (C=O) groups is 1. The van der Waals surface area contributed by atoms with Crippen LogP contribution in [0.1, 0.15) is 16.7 Å². The van der Waals surface area contributed by atoms with Crippen LogP contribution >= 0.6 is 0 Å². The quantitative estimate of drug-likeness (QED) is 0.799. The summed E-state index contributed by atoms with van der Waals surface area (Å²) < 4.78 is 5.48. The first-order valence-electron chi connectivity index (χ1n) is 6.85. The van der Waals surface area contributed by atoms with Crippen LogP contribution in [0.15, 0.2) is 53.4 Å². The van der Waals surface area contributed by atoms with E-state index in [-0.39, 0.29) is 5.91 Å². The van der Waals surface area contributed by atoms with Crippen molar-refractivity contribution in [3.05, 3.63) is 65.7 Å². The van der Waals surface area contributed by atoms with E-state index in [0.29, 0.717) is 13.0 Å². The molecule has 0 aliphatic rings. The van der Waals surface area contributed by atoms with Crippen molar-refractivity contribution in [3.8, 4) is 0 Å². The van der Waals surface area contributed by atoms with Gasteiger partial charge in [0.2, 0.25) is 5.91 Å². The van der Waals surface area contributed by atoms with Crippen LogP contribution in [0.25, 0.3) is 11.0 Å². The number of amides is 1. The van der Waals surface area contributed by atoms with Crippen LogP contribution in [0.4, 0.5) is 0 Å². The molecule has 0 saturated carbocycles. The van der Waals surface area contributed by atoms with Gasteiger partial charge in [0, 0.05) is 29.9 Å². The second-order valence-corrected chi connectivity index (χ2v) is 5.07. The lowest BCUT2D eigenvalue weighted by Crippen LogP contribution is -2.24. The van der Waals surface area contributed by atoms with Gasteiger partial charge in [-0.1, -0.05) is 11.6 Å². The van der Waals surface area contributed by atoms with E-state index in [4.69, 9.17) is 4.42 Å². The minimum atomic E-state index is -0.0176. The molecule has 4 nitrogen and oxygen atoms in total. The molecule has 0 spiro atoms. The molecule has 3 aromatic rings. The van der Waals surface area contributed by atoms with Gasteiger partial charge in [0.15, 0.2) is 0 Å². The van der Waals surface area contributed by atoms with Crippen molar-refractivity contribution in [2.45, 2.75) is 19.9 Å². The van der Waals surface area contributed by atoms with E-state index in [2.05, 4.69) is 10.3 Å². The summed E-state index contributed by atoms with van der Waals surface area (Å²) in [5.41, 5.74) is 3.92. The highest BCUT2D eigenvalue weighted by Gasteiger charge is 2.10. The van der Waals surface area contributed by atoms with Gasteiger partial charge in [-0.2, -0.15) is 0 Å². The maximum Gasteiger partial charge on any atom is 0.224 e. The van der Waals surface area contributed by atoms with Gasteiger partial charge in [0.05, 0.1) is 12.7 Å². The third-order valence-corrected chi connectivity index (χ3v) is 3.40. The minimum Gasteiger partial charge on any atom is -0.464 e. The van der Waals surface area contributed by atoms with Crippen LogP contribution < -0.4 is 5.32 Å². The fourth-order valence-electron chi connectivity index (χ4n) is 2.27. The Balaban J connectivity index is 1.67. The maximum absolute atomic E-state index is 12.0. The van der Waals surface area contributed by atoms with E-state index in [1.807, 2.05) is 37.3 Å². The molecule has 4 heteroatoms. The lowest BCUT2D eigenvalue weighted by molar-refractivity contribution is -0.120. The van der Waals surface area contributed by atoms with E-state index < -0.39 is 0 Å². The number of benzene rings is 1. The van der Waals surface area contributed by atoms with Gasteiger partial charge in [-0.05, 0) is 36.8 Å². The fraction of sp³-hybridized carbons (Fsp3) is 0.176. The van der Waals surface area contributed by atoms with Crippen molar-refractivity contribution >= 4 is 16.9 Å². The summed E-state index contributed by atoms with van der Waals surface area (Å²) in [7, 11) is 0. The number of carbonyl (C=O) groups excluding carboxylic acids is 1. The van der Waals surface area contributed by atoms with Crippen LogP contribution in [0, 0.1) is 6.92 Å². The van der Waals surface area contributed by atoms with E-state index in [1.54, 1.807) is 18.7 Å². The van der Waals surface area contributed by atoms with E-state index >= 15 is 0 Å². The third-order valence-electron chi connectivity index (χ3n) is 3.40. The van der Waals surface area contributed by atoms with Crippen LogP contribution in [0.2, 0.25) is 0 Å². The molecule has 1 aromatic carbocycles. The number of aryl methyl sites for hydroxylation is 1. The summed E-state index contributed by atoms with van der Waals surface area (Å²) in [6, 6.07) is 9.75. The topological polar surface area (TPSA) is 55.1 Å². The SMILES string of the molecule is Cc1ccc2occ(CC(=O)NCc3ccncc3)c2c1. The number of hydrogen-bond acceptors (Lipinski definition) is 3. The first kappa shape index (κ1) is 13.4. The zero-order valence-electron chi connectivity index (χ0n) is 11.8. The molecule has 0 aliphatic carbocycles. The van der Waals surface area contributed by atoms with Crippen molar-refractivity contribution in [2.24, 2.45) is 0 Å². The average Bonchev–Trinajstić information content (AvgIpc) is 2.88. The lowest BCUT2D eigenvalue weighted by Gasteiger charge is -2.04. The highest BCUT2D eigenvalue weighted by atomic mass is 16.3. The molecule has 1 N–H and O–H groups in total. The van der Waals surface area contributed by atoms with Gasteiger partial charge in [0.25, 0.3) is 0 Å².